The van der Waals surface area contributed by atoms with Crippen LogP contribution in [0.4, 0.5) is 0 Å². The third kappa shape index (κ3) is 3.79. The van der Waals surface area contributed by atoms with Gasteiger partial charge in [0.15, 0.2) is 0 Å². The van der Waals surface area contributed by atoms with Crippen molar-refractivity contribution in [3.63, 3.8) is 0 Å². The molecule has 0 heterocycles. The van der Waals surface area contributed by atoms with E-state index >= 15 is 0 Å². The van der Waals surface area contributed by atoms with Crippen LogP contribution in [-0.2, 0) is 0 Å². The lowest BCUT2D eigenvalue weighted by Gasteiger charge is -2.15. The molecule has 0 aromatic heterocycles. The molecule has 0 aliphatic heterocycles. The first-order chi connectivity index (χ1) is 9.52. The lowest BCUT2D eigenvalue weighted by atomic mass is 10.0. The highest BCUT2D eigenvalue weighted by Gasteiger charge is 2.16. The van der Waals surface area contributed by atoms with Gasteiger partial charge in [-0.2, -0.15) is 0 Å². The molecule has 0 radical (unpaired) electrons. The van der Waals surface area contributed by atoms with Gasteiger partial charge in [-0.3, -0.25) is 0 Å². The summed E-state index contributed by atoms with van der Waals surface area (Å²) in [4.78, 5) is 0. The van der Waals surface area contributed by atoms with Crippen molar-refractivity contribution in [2.24, 2.45) is 0 Å². The summed E-state index contributed by atoms with van der Waals surface area (Å²) < 4.78 is 8.42. The number of alkyl halides is 1. The van der Waals surface area contributed by atoms with Crippen molar-refractivity contribution < 1.29 is 4.74 Å². The normalized spacial score (nSPS) is 12.2. The molecule has 0 spiro atoms. The van der Waals surface area contributed by atoms with Crippen LogP contribution in [-0.4, -0.2) is 6.61 Å². The van der Waals surface area contributed by atoms with Crippen LogP contribution in [0.5, 0.6) is 5.75 Å². The Balaban J connectivity index is 2.35. The van der Waals surface area contributed by atoms with Crippen LogP contribution < -0.4 is 4.74 Å². The molecule has 0 aliphatic rings. The average Bonchev–Trinajstić information content (AvgIpc) is 2.43. The van der Waals surface area contributed by atoms with Gasteiger partial charge in [-0.15, -0.1) is 11.6 Å². The number of rotatable bonds is 4. The zero-order valence-electron chi connectivity index (χ0n) is 10.7. The van der Waals surface area contributed by atoms with Gasteiger partial charge >= 0.3 is 0 Å². The van der Waals surface area contributed by atoms with Crippen molar-refractivity contribution in [1.82, 2.24) is 0 Å². The second-order valence-electron chi connectivity index (χ2n) is 4.15. The first-order valence-corrected chi connectivity index (χ1v) is 8.85. The third-order valence-corrected chi connectivity index (χ3v) is 5.10. The largest absolute Gasteiger partial charge is 0.493 e. The second kappa shape index (κ2) is 7.30. The molecule has 0 saturated carbocycles. The van der Waals surface area contributed by atoms with Crippen LogP contribution in [0, 0.1) is 0 Å². The summed E-state index contributed by atoms with van der Waals surface area (Å²) in [5.41, 5.74) is 2.04. The minimum absolute atomic E-state index is 0.228. The lowest BCUT2D eigenvalue weighted by molar-refractivity contribution is 0.338. The summed E-state index contributed by atoms with van der Waals surface area (Å²) in [7, 11) is 0. The molecule has 0 bridgehead atoms. The predicted molar refractivity (Wildman–Crippen MR) is 94.8 cm³/mol. The van der Waals surface area contributed by atoms with Crippen molar-refractivity contribution in [2.75, 3.05) is 6.61 Å². The van der Waals surface area contributed by atoms with E-state index in [1.807, 2.05) is 43.3 Å². The predicted octanol–water partition coefficient (Wildman–Crippen LogP) is 6.70. The van der Waals surface area contributed by atoms with E-state index < -0.39 is 0 Å². The summed E-state index contributed by atoms with van der Waals surface area (Å²) >= 11 is 17.1. The Labute approximate surface area is 149 Å². The molecule has 1 nitrogen and oxygen atoms in total. The fourth-order valence-electron chi connectivity index (χ4n) is 1.84. The van der Waals surface area contributed by atoms with E-state index in [1.165, 1.54) is 0 Å². The fraction of sp³-hybridized carbons (Fsp3) is 0.200. The smallest absolute Gasteiger partial charge is 0.133 e. The molecule has 20 heavy (non-hydrogen) atoms. The quantitative estimate of drug-likeness (QED) is 0.440. The van der Waals surface area contributed by atoms with Crippen molar-refractivity contribution >= 4 is 59.4 Å². The van der Waals surface area contributed by atoms with Gasteiger partial charge in [-0.05, 0) is 64.3 Å². The van der Waals surface area contributed by atoms with E-state index in [9.17, 15) is 0 Å². The standard InChI is InChI=1S/C15H12Br3ClO/c1-2-20-14-6-3-9(7-13(14)18)15(19)11-8-10(16)4-5-12(11)17/h3-8,15H,2H2,1H3. The zero-order chi connectivity index (χ0) is 14.7. The van der Waals surface area contributed by atoms with Crippen LogP contribution in [0.2, 0.25) is 0 Å². The van der Waals surface area contributed by atoms with E-state index in [4.69, 9.17) is 16.3 Å². The molecule has 2 aromatic rings. The Morgan fingerprint density at radius 3 is 2.45 bits per heavy atom. The van der Waals surface area contributed by atoms with E-state index in [-0.39, 0.29) is 5.38 Å². The van der Waals surface area contributed by atoms with Gasteiger partial charge in [0.05, 0.1) is 16.5 Å². The minimum Gasteiger partial charge on any atom is -0.493 e. The van der Waals surface area contributed by atoms with Gasteiger partial charge in [0.1, 0.15) is 5.75 Å². The van der Waals surface area contributed by atoms with Gasteiger partial charge in [-0.1, -0.05) is 37.9 Å². The van der Waals surface area contributed by atoms with E-state index in [0.29, 0.717) is 6.61 Å². The summed E-state index contributed by atoms with van der Waals surface area (Å²) in [6.45, 7) is 2.60. The van der Waals surface area contributed by atoms with Gasteiger partial charge in [0.2, 0.25) is 0 Å². The molecule has 2 rings (SSSR count). The van der Waals surface area contributed by atoms with Crippen LogP contribution in [0.1, 0.15) is 23.4 Å². The molecule has 1 atom stereocenters. The van der Waals surface area contributed by atoms with Gasteiger partial charge in [0, 0.05) is 8.95 Å². The zero-order valence-corrected chi connectivity index (χ0v) is 16.2. The molecular weight excluding hydrogens is 471 g/mol. The Hall–Kier alpha value is -0.0300. The van der Waals surface area contributed by atoms with Crippen molar-refractivity contribution in [3.8, 4) is 5.75 Å². The first kappa shape index (κ1) is 16.3. The SMILES string of the molecule is CCOc1ccc(C(Cl)c2cc(Br)ccc2Br)cc1Br. The van der Waals surface area contributed by atoms with E-state index in [2.05, 4.69) is 47.8 Å². The molecule has 106 valence electrons. The molecule has 0 aliphatic carbocycles. The average molecular weight is 483 g/mol. The molecule has 0 amide bonds. The highest BCUT2D eigenvalue weighted by molar-refractivity contribution is 9.11. The monoisotopic (exact) mass is 480 g/mol. The molecule has 0 fully saturated rings. The maximum absolute atomic E-state index is 6.60. The van der Waals surface area contributed by atoms with Crippen LogP contribution >= 0.6 is 59.4 Å². The summed E-state index contributed by atoms with van der Waals surface area (Å²) in [5, 5.41) is -0.228. The number of hydrogen-bond donors (Lipinski definition) is 0. The Morgan fingerprint density at radius 1 is 1.05 bits per heavy atom. The van der Waals surface area contributed by atoms with Crippen molar-refractivity contribution in [3.05, 3.63) is 60.9 Å². The first-order valence-electron chi connectivity index (χ1n) is 6.04. The van der Waals surface area contributed by atoms with Gasteiger partial charge < -0.3 is 4.74 Å². The number of hydrogen-bond acceptors (Lipinski definition) is 1. The summed E-state index contributed by atoms with van der Waals surface area (Å²) in [5.74, 6) is 0.827. The maximum Gasteiger partial charge on any atom is 0.133 e. The Bertz CT molecular complexity index is 616. The van der Waals surface area contributed by atoms with Crippen LogP contribution in [0.15, 0.2) is 49.8 Å². The maximum atomic E-state index is 6.60. The molecule has 0 N–H and O–H groups in total. The summed E-state index contributed by atoms with van der Waals surface area (Å²) in [6, 6.07) is 11.9. The molecular formula is C15H12Br3ClO. The Morgan fingerprint density at radius 2 is 1.80 bits per heavy atom. The van der Waals surface area contributed by atoms with E-state index in [0.717, 1.165) is 30.3 Å². The lowest BCUT2D eigenvalue weighted by Crippen LogP contribution is -1.97. The highest BCUT2D eigenvalue weighted by Crippen LogP contribution is 2.38. The number of ether oxygens (including phenoxy) is 1. The Kier molecular flexibility index (Phi) is 5.96. The summed E-state index contributed by atoms with van der Waals surface area (Å²) in [6.07, 6.45) is 0. The van der Waals surface area contributed by atoms with Crippen molar-refractivity contribution in [2.45, 2.75) is 12.3 Å². The van der Waals surface area contributed by atoms with E-state index in [1.54, 1.807) is 0 Å². The second-order valence-corrected chi connectivity index (χ2v) is 7.21. The van der Waals surface area contributed by atoms with Gasteiger partial charge in [0.25, 0.3) is 0 Å². The fourth-order valence-corrected chi connectivity index (χ4v) is 3.65. The third-order valence-electron chi connectivity index (χ3n) is 2.78. The van der Waals surface area contributed by atoms with Crippen molar-refractivity contribution in [1.29, 1.82) is 0 Å². The molecule has 1 unspecified atom stereocenters. The number of benzene rings is 2. The minimum atomic E-state index is -0.228. The molecule has 0 saturated heterocycles. The molecule has 5 heteroatoms. The highest BCUT2D eigenvalue weighted by atomic mass is 79.9. The van der Waals surface area contributed by atoms with Crippen LogP contribution in [0.3, 0.4) is 0 Å². The van der Waals surface area contributed by atoms with Gasteiger partial charge in [-0.25, -0.2) is 0 Å². The molecule has 2 aromatic carbocycles. The van der Waals surface area contributed by atoms with Crippen LogP contribution in [0.25, 0.3) is 0 Å². The number of halogens is 4. The topological polar surface area (TPSA) is 9.23 Å².